The molecular weight excluding hydrogens is 464 g/mol. The maximum atomic E-state index is 9.04. The predicted octanol–water partition coefficient (Wildman–Crippen LogP) is 11.4. The molecule has 0 aromatic rings. The van der Waals surface area contributed by atoms with Gasteiger partial charge in [-0.2, -0.15) is 0 Å². The van der Waals surface area contributed by atoms with E-state index in [9.17, 15) is 0 Å². The van der Waals surface area contributed by atoms with E-state index in [1.165, 1.54) is 167 Å². The van der Waals surface area contributed by atoms with Gasteiger partial charge in [-0.25, -0.2) is 0 Å². The quantitative estimate of drug-likeness (QED) is 0.0976. The van der Waals surface area contributed by atoms with Gasteiger partial charge in [0.15, 0.2) is 0 Å². The van der Waals surface area contributed by atoms with Gasteiger partial charge in [0.2, 0.25) is 0 Å². The molecular formula is C36H72O2. The van der Waals surface area contributed by atoms with E-state index in [0.29, 0.717) is 13.2 Å². The number of hydrogen-bond acceptors (Lipinski definition) is 2. The molecule has 4 unspecified atom stereocenters. The third kappa shape index (κ3) is 18.3. The lowest BCUT2D eigenvalue weighted by molar-refractivity contribution is 0.0581. The Kier molecular flexibility index (Phi) is 25.6. The van der Waals surface area contributed by atoms with Gasteiger partial charge in [0, 0.05) is 13.2 Å². The van der Waals surface area contributed by atoms with Crippen molar-refractivity contribution in [3.05, 3.63) is 0 Å². The maximum absolute atomic E-state index is 9.04. The highest BCUT2D eigenvalue weighted by molar-refractivity contribution is 4.88. The molecule has 0 aromatic heterocycles. The van der Waals surface area contributed by atoms with Crippen molar-refractivity contribution < 1.29 is 10.2 Å². The van der Waals surface area contributed by atoms with Crippen LogP contribution in [0.25, 0.3) is 0 Å². The standard InChI is InChI=1S/C36H72O2/c1-3-5-7-19-25-33-29-30-34(26-20-15-12-14-18-24-32-38)36(35(33)27-21-8-6-4-2)28-22-16-11-9-10-13-17-23-31-37/h33-38H,3-32H2,1-2H3. The molecule has 1 aliphatic rings. The van der Waals surface area contributed by atoms with Crippen molar-refractivity contribution in [2.24, 2.45) is 23.7 Å². The van der Waals surface area contributed by atoms with Crippen molar-refractivity contribution >= 4 is 0 Å². The Hall–Kier alpha value is -0.0800. The van der Waals surface area contributed by atoms with Crippen LogP contribution in [-0.4, -0.2) is 23.4 Å². The highest BCUT2D eigenvalue weighted by Crippen LogP contribution is 2.47. The van der Waals surface area contributed by atoms with Crippen LogP contribution in [-0.2, 0) is 0 Å². The number of aliphatic hydroxyl groups is 2. The second-order valence-electron chi connectivity index (χ2n) is 13.1. The second kappa shape index (κ2) is 27.1. The molecule has 0 amide bonds. The largest absolute Gasteiger partial charge is 0.396 e. The lowest BCUT2D eigenvalue weighted by Crippen LogP contribution is -2.35. The first-order chi connectivity index (χ1) is 18.8. The Bertz CT molecular complexity index is 462. The monoisotopic (exact) mass is 537 g/mol. The van der Waals surface area contributed by atoms with Crippen molar-refractivity contribution in [1.82, 2.24) is 0 Å². The molecule has 1 aliphatic carbocycles. The summed E-state index contributed by atoms with van der Waals surface area (Å²) in [5.74, 6) is 4.02. The minimum atomic E-state index is 0.367. The van der Waals surface area contributed by atoms with Gasteiger partial charge in [-0.15, -0.1) is 0 Å². The molecule has 0 saturated heterocycles. The maximum Gasteiger partial charge on any atom is 0.0431 e. The minimum Gasteiger partial charge on any atom is -0.396 e. The molecule has 1 rings (SSSR count). The summed E-state index contributed by atoms with van der Waals surface area (Å²) in [5.41, 5.74) is 0. The summed E-state index contributed by atoms with van der Waals surface area (Å²) < 4.78 is 0. The minimum absolute atomic E-state index is 0.367. The fraction of sp³-hybridized carbons (Fsp3) is 1.00. The van der Waals surface area contributed by atoms with E-state index >= 15 is 0 Å². The van der Waals surface area contributed by atoms with Crippen LogP contribution < -0.4 is 0 Å². The van der Waals surface area contributed by atoms with Crippen LogP contribution in [0.2, 0.25) is 0 Å². The average molecular weight is 537 g/mol. The van der Waals surface area contributed by atoms with E-state index in [4.69, 9.17) is 10.2 Å². The normalized spacial score (nSPS) is 21.8. The Morgan fingerprint density at radius 1 is 0.368 bits per heavy atom. The predicted molar refractivity (Wildman–Crippen MR) is 169 cm³/mol. The molecule has 0 radical (unpaired) electrons. The molecule has 0 spiro atoms. The van der Waals surface area contributed by atoms with Gasteiger partial charge in [0.05, 0.1) is 0 Å². The summed E-state index contributed by atoms with van der Waals surface area (Å²) in [5, 5.41) is 18.0. The SMILES string of the molecule is CCCCCCC1CCC(CCCCCCCCO)C(CCCCCCCCCCO)C1CCCCCC. The average Bonchev–Trinajstić information content (AvgIpc) is 2.93. The summed E-state index contributed by atoms with van der Waals surface area (Å²) >= 11 is 0. The second-order valence-corrected chi connectivity index (χ2v) is 13.1. The first kappa shape index (κ1) is 35.9. The summed E-state index contributed by atoms with van der Waals surface area (Å²) in [7, 11) is 0. The van der Waals surface area contributed by atoms with E-state index < -0.39 is 0 Å². The highest BCUT2D eigenvalue weighted by atomic mass is 16.3. The van der Waals surface area contributed by atoms with Gasteiger partial charge >= 0.3 is 0 Å². The smallest absolute Gasteiger partial charge is 0.0431 e. The van der Waals surface area contributed by atoms with Gasteiger partial charge in [-0.05, 0) is 62.2 Å². The zero-order chi connectivity index (χ0) is 27.5. The number of aliphatic hydroxyl groups excluding tert-OH is 2. The molecule has 2 nitrogen and oxygen atoms in total. The molecule has 38 heavy (non-hydrogen) atoms. The van der Waals surface area contributed by atoms with E-state index in [-0.39, 0.29) is 0 Å². The van der Waals surface area contributed by atoms with Crippen molar-refractivity contribution in [1.29, 1.82) is 0 Å². The molecule has 228 valence electrons. The van der Waals surface area contributed by atoms with Crippen LogP contribution in [0.3, 0.4) is 0 Å². The van der Waals surface area contributed by atoms with Crippen molar-refractivity contribution in [3.8, 4) is 0 Å². The zero-order valence-electron chi connectivity index (χ0n) is 26.4. The van der Waals surface area contributed by atoms with E-state index in [2.05, 4.69) is 13.8 Å². The molecule has 1 fully saturated rings. The topological polar surface area (TPSA) is 40.5 Å². The Labute approximate surface area is 240 Å². The van der Waals surface area contributed by atoms with Crippen LogP contribution in [0.1, 0.15) is 194 Å². The summed E-state index contributed by atoms with van der Waals surface area (Å²) in [6.45, 7) is 5.43. The fourth-order valence-corrected chi connectivity index (χ4v) is 7.59. The van der Waals surface area contributed by atoms with Crippen molar-refractivity contribution in [2.45, 2.75) is 194 Å². The van der Waals surface area contributed by atoms with E-state index in [1.54, 1.807) is 0 Å². The zero-order valence-corrected chi connectivity index (χ0v) is 26.4. The first-order valence-corrected chi connectivity index (χ1v) is 18.0. The Morgan fingerprint density at radius 3 is 1.00 bits per heavy atom. The first-order valence-electron chi connectivity index (χ1n) is 18.0. The van der Waals surface area contributed by atoms with Crippen LogP contribution >= 0.6 is 0 Å². The van der Waals surface area contributed by atoms with E-state index in [0.717, 1.165) is 36.5 Å². The van der Waals surface area contributed by atoms with Crippen molar-refractivity contribution in [3.63, 3.8) is 0 Å². The molecule has 4 atom stereocenters. The van der Waals surface area contributed by atoms with Gasteiger partial charge in [0.1, 0.15) is 0 Å². The van der Waals surface area contributed by atoms with Gasteiger partial charge in [0.25, 0.3) is 0 Å². The lowest BCUT2D eigenvalue weighted by Gasteiger charge is -2.44. The van der Waals surface area contributed by atoms with E-state index in [1.807, 2.05) is 0 Å². The molecule has 0 bridgehead atoms. The van der Waals surface area contributed by atoms with Gasteiger partial charge in [-0.1, -0.05) is 155 Å². The number of unbranched alkanes of at least 4 members (excludes halogenated alkanes) is 18. The van der Waals surface area contributed by atoms with Gasteiger partial charge in [-0.3, -0.25) is 0 Å². The molecule has 0 aliphatic heterocycles. The molecule has 1 saturated carbocycles. The Balaban J connectivity index is 2.64. The third-order valence-corrected chi connectivity index (χ3v) is 9.92. The molecule has 2 heteroatoms. The number of hydrogen-bond donors (Lipinski definition) is 2. The Morgan fingerprint density at radius 2 is 0.658 bits per heavy atom. The summed E-state index contributed by atoms with van der Waals surface area (Å²) in [6, 6.07) is 0. The molecule has 0 heterocycles. The van der Waals surface area contributed by atoms with Crippen LogP contribution in [0.5, 0.6) is 0 Å². The lowest BCUT2D eigenvalue weighted by atomic mass is 9.61. The third-order valence-electron chi connectivity index (χ3n) is 9.92. The van der Waals surface area contributed by atoms with Crippen LogP contribution in [0, 0.1) is 23.7 Å². The van der Waals surface area contributed by atoms with Crippen LogP contribution in [0.4, 0.5) is 0 Å². The van der Waals surface area contributed by atoms with Gasteiger partial charge < -0.3 is 10.2 Å². The van der Waals surface area contributed by atoms with Crippen LogP contribution in [0.15, 0.2) is 0 Å². The fourth-order valence-electron chi connectivity index (χ4n) is 7.59. The highest BCUT2D eigenvalue weighted by Gasteiger charge is 2.37. The molecule has 2 N–H and O–H groups in total. The summed E-state index contributed by atoms with van der Waals surface area (Å²) in [6.07, 6.45) is 38.9. The molecule has 0 aromatic carbocycles. The van der Waals surface area contributed by atoms with Crippen molar-refractivity contribution in [2.75, 3.05) is 13.2 Å². The number of rotatable bonds is 28. The summed E-state index contributed by atoms with van der Waals surface area (Å²) in [4.78, 5) is 0.